The smallest absolute Gasteiger partial charge is 0.250 e. The van der Waals surface area contributed by atoms with E-state index in [-0.39, 0.29) is 12.5 Å². The molecule has 20 heavy (non-hydrogen) atoms. The average Bonchev–Trinajstić information content (AvgIpc) is 2.99. The van der Waals surface area contributed by atoms with Gasteiger partial charge in [-0.15, -0.1) is 0 Å². The van der Waals surface area contributed by atoms with Crippen molar-refractivity contribution in [2.24, 2.45) is 0 Å². The highest BCUT2D eigenvalue weighted by Gasteiger charge is 2.15. The molecule has 1 amide bonds. The van der Waals surface area contributed by atoms with Crippen LogP contribution in [0.2, 0.25) is 0 Å². The molecule has 6 heteroatoms. The predicted octanol–water partition coefficient (Wildman–Crippen LogP) is 2.24. The first kappa shape index (κ1) is 13.2. The van der Waals surface area contributed by atoms with Crippen molar-refractivity contribution in [2.75, 3.05) is 24.8 Å². The Kier molecular flexibility index (Phi) is 3.75. The Morgan fingerprint density at radius 1 is 1.55 bits per heavy atom. The summed E-state index contributed by atoms with van der Waals surface area (Å²) in [7, 11) is 1.50. The minimum Gasteiger partial charge on any atom is -0.375 e. The maximum Gasteiger partial charge on any atom is 0.250 e. The molecule has 2 aromatic rings. The van der Waals surface area contributed by atoms with Crippen LogP contribution in [0.1, 0.15) is 0 Å². The topological polar surface area (TPSA) is 56.1 Å². The van der Waals surface area contributed by atoms with Crippen LogP contribution in [0.5, 0.6) is 0 Å². The van der Waals surface area contributed by atoms with Crippen molar-refractivity contribution >= 4 is 23.4 Å². The fourth-order valence-corrected chi connectivity index (χ4v) is 3.08. The summed E-state index contributed by atoms with van der Waals surface area (Å²) in [5, 5.41) is 3.86. The third kappa shape index (κ3) is 2.71. The van der Waals surface area contributed by atoms with Crippen LogP contribution in [0.3, 0.4) is 0 Å². The number of hydrogen-bond acceptors (Lipinski definition) is 4. The second kappa shape index (κ2) is 5.68. The Hall–Kier alpha value is -1.79. The summed E-state index contributed by atoms with van der Waals surface area (Å²) in [4.78, 5) is 16.1. The molecule has 1 aromatic carbocycles. The lowest BCUT2D eigenvalue weighted by molar-refractivity contribution is -0.119. The zero-order valence-corrected chi connectivity index (χ0v) is 11.9. The van der Waals surface area contributed by atoms with E-state index in [9.17, 15) is 4.79 Å². The molecule has 0 saturated heterocycles. The van der Waals surface area contributed by atoms with E-state index in [2.05, 4.69) is 21.1 Å². The quantitative estimate of drug-likeness (QED) is 0.938. The first-order valence-electron chi connectivity index (χ1n) is 6.35. The third-order valence-electron chi connectivity index (χ3n) is 3.02. The first-order chi connectivity index (χ1) is 9.76. The lowest BCUT2D eigenvalue weighted by atomic mass is 10.1. The third-order valence-corrected chi connectivity index (χ3v) is 3.99. The van der Waals surface area contributed by atoms with Gasteiger partial charge in [-0.25, -0.2) is 4.98 Å². The summed E-state index contributed by atoms with van der Waals surface area (Å²) in [6.45, 7) is 1.07. The number of benzene rings is 1. The summed E-state index contributed by atoms with van der Waals surface area (Å²) < 4.78 is 6.96. The molecule has 0 fully saturated rings. The van der Waals surface area contributed by atoms with Gasteiger partial charge in [-0.1, -0.05) is 23.9 Å². The SMILES string of the molecule is COCC(=O)Nc1cccc(-c2cn3c(n2)SCC3)c1. The minimum atomic E-state index is -0.160. The van der Waals surface area contributed by atoms with Crippen molar-refractivity contribution in [3.05, 3.63) is 30.5 Å². The molecule has 0 radical (unpaired) electrons. The molecule has 5 nitrogen and oxygen atoms in total. The Balaban J connectivity index is 1.81. The molecule has 3 rings (SSSR count). The van der Waals surface area contributed by atoms with Gasteiger partial charge < -0.3 is 14.6 Å². The highest BCUT2D eigenvalue weighted by atomic mass is 32.2. The molecule has 2 heterocycles. The molecule has 0 atom stereocenters. The van der Waals surface area contributed by atoms with E-state index in [0.717, 1.165) is 34.4 Å². The second-order valence-electron chi connectivity index (χ2n) is 4.51. The Bertz CT molecular complexity index is 618. The number of aryl methyl sites for hydroxylation is 1. The molecule has 1 aliphatic rings. The standard InChI is InChI=1S/C14H15N3O2S/c1-19-9-13(18)15-11-4-2-3-10(7-11)12-8-17-5-6-20-14(17)16-12/h2-4,7-8H,5-6,9H2,1H3,(H,15,18). The van der Waals surface area contributed by atoms with Crippen molar-refractivity contribution in [3.8, 4) is 11.3 Å². The number of carbonyl (C=O) groups excluding carboxylic acids is 1. The fourth-order valence-electron chi connectivity index (χ4n) is 2.13. The maximum absolute atomic E-state index is 11.5. The van der Waals surface area contributed by atoms with Crippen molar-refractivity contribution in [3.63, 3.8) is 0 Å². The molecular weight excluding hydrogens is 274 g/mol. The highest BCUT2D eigenvalue weighted by molar-refractivity contribution is 7.99. The normalized spacial score (nSPS) is 13.2. The van der Waals surface area contributed by atoms with Gasteiger partial charge in [0.25, 0.3) is 0 Å². The van der Waals surface area contributed by atoms with E-state index in [4.69, 9.17) is 4.74 Å². The summed E-state index contributed by atoms with van der Waals surface area (Å²) in [5.41, 5.74) is 2.70. The Morgan fingerprint density at radius 2 is 2.45 bits per heavy atom. The molecule has 1 aromatic heterocycles. The van der Waals surface area contributed by atoms with E-state index in [1.807, 2.05) is 24.3 Å². The lowest BCUT2D eigenvalue weighted by Crippen LogP contribution is -2.16. The van der Waals surface area contributed by atoms with Gasteiger partial charge in [0.1, 0.15) is 6.61 Å². The fraction of sp³-hybridized carbons (Fsp3) is 0.286. The molecule has 0 spiro atoms. The molecule has 0 bridgehead atoms. The molecule has 104 valence electrons. The van der Waals surface area contributed by atoms with Crippen molar-refractivity contribution < 1.29 is 9.53 Å². The van der Waals surface area contributed by atoms with Crippen molar-refractivity contribution in [1.82, 2.24) is 9.55 Å². The summed E-state index contributed by atoms with van der Waals surface area (Å²) in [5.74, 6) is 0.933. The van der Waals surface area contributed by atoms with E-state index in [0.29, 0.717) is 0 Å². The lowest BCUT2D eigenvalue weighted by Gasteiger charge is -2.05. The number of ether oxygens (including phenoxy) is 1. The molecule has 1 N–H and O–H groups in total. The van der Waals surface area contributed by atoms with E-state index in [1.165, 1.54) is 7.11 Å². The molecule has 0 saturated carbocycles. The first-order valence-corrected chi connectivity index (χ1v) is 7.34. The average molecular weight is 289 g/mol. The zero-order valence-electron chi connectivity index (χ0n) is 11.1. The van der Waals surface area contributed by atoms with Crippen LogP contribution in [-0.2, 0) is 16.1 Å². The summed E-state index contributed by atoms with van der Waals surface area (Å²) >= 11 is 1.77. The van der Waals surface area contributed by atoms with Gasteiger partial charge in [0.15, 0.2) is 5.16 Å². The van der Waals surface area contributed by atoms with E-state index < -0.39 is 0 Å². The minimum absolute atomic E-state index is 0.0552. The van der Waals surface area contributed by atoms with Gasteiger partial charge in [-0.2, -0.15) is 0 Å². The number of carbonyl (C=O) groups is 1. The summed E-state index contributed by atoms with van der Waals surface area (Å²) in [6, 6.07) is 7.69. The number of methoxy groups -OCH3 is 1. The van der Waals surface area contributed by atoms with E-state index in [1.54, 1.807) is 11.8 Å². The van der Waals surface area contributed by atoms with Crippen LogP contribution in [0.15, 0.2) is 35.6 Å². The number of nitrogens with zero attached hydrogens (tertiary/aromatic N) is 2. The van der Waals surface area contributed by atoms with Crippen molar-refractivity contribution in [1.29, 1.82) is 0 Å². The predicted molar refractivity (Wildman–Crippen MR) is 78.9 cm³/mol. The van der Waals surface area contributed by atoms with Crippen molar-refractivity contribution in [2.45, 2.75) is 11.7 Å². The van der Waals surface area contributed by atoms with E-state index >= 15 is 0 Å². The number of hydrogen-bond donors (Lipinski definition) is 1. The van der Waals surface area contributed by atoms with Crippen LogP contribution in [0, 0.1) is 0 Å². The molecule has 0 unspecified atom stereocenters. The number of thioether (sulfide) groups is 1. The van der Waals surface area contributed by atoms with Gasteiger partial charge in [0.05, 0.1) is 5.69 Å². The highest BCUT2D eigenvalue weighted by Crippen LogP contribution is 2.29. The van der Waals surface area contributed by atoms with Gasteiger partial charge in [-0.3, -0.25) is 4.79 Å². The molecular formula is C14H15N3O2S. The summed E-state index contributed by atoms with van der Waals surface area (Å²) in [6.07, 6.45) is 2.06. The van der Waals surface area contributed by atoms with Gasteiger partial charge >= 0.3 is 0 Å². The molecule has 1 aliphatic heterocycles. The van der Waals surface area contributed by atoms with Gasteiger partial charge in [0, 0.05) is 36.9 Å². The monoisotopic (exact) mass is 289 g/mol. The largest absolute Gasteiger partial charge is 0.375 e. The van der Waals surface area contributed by atoms with Crippen LogP contribution < -0.4 is 5.32 Å². The number of imidazole rings is 1. The number of rotatable bonds is 4. The van der Waals surface area contributed by atoms with Crippen LogP contribution in [-0.4, -0.2) is 34.9 Å². The number of amides is 1. The van der Waals surface area contributed by atoms with Gasteiger partial charge in [0.2, 0.25) is 5.91 Å². The Labute approximate surface area is 121 Å². The molecule has 0 aliphatic carbocycles. The number of fused-ring (bicyclic) bond motifs is 1. The number of aromatic nitrogens is 2. The van der Waals surface area contributed by atoms with Gasteiger partial charge in [-0.05, 0) is 12.1 Å². The van der Waals surface area contributed by atoms with Crippen LogP contribution in [0.25, 0.3) is 11.3 Å². The van der Waals surface area contributed by atoms with Crippen LogP contribution >= 0.6 is 11.8 Å². The zero-order chi connectivity index (χ0) is 13.9. The number of anilines is 1. The number of nitrogens with one attached hydrogen (secondary N) is 1. The van der Waals surface area contributed by atoms with Crippen LogP contribution in [0.4, 0.5) is 5.69 Å². The maximum atomic E-state index is 11.5. The Morgan fingerprint density at radius 3 is 3.25 bits per heavy atom. The second-order valence-corrected chi connectivity index (χ2v) is 5.57.